The first kappa shape index (κ1) is 26.2. The average molecular weight is 509 g/mol. The van der Waals surface area contributed by atoms with E-state index in [-0.39, 0.29) is 29.7 Å². The molecule has 1 aromatic carbocycles. The summed E-state index contributed by atoms with van der Waals surface area (Å²) in [5.74, 6) is 0.0953. The van der Waals surface area contributed by atoms with Gasteiger partial charge in [0.2, 0.25) is 5.91 Å². The van der Waals surface area contributed by atoms with Crippen LogP contribution in [0.5, 0.6) is 0 Å². The number of alkyl halides is 6. The predicted octanol–water partition coefficient (Wildman–Crippen LogP) is 4.64. The molecular weight excluding hydrogens is 478 g/mol. The van der Waals surface area contributed by atoms with Gasteiger partial charge in [0.15, 0.2) is 0 Å². The lowest BCUT2D eigenvalue weighted by Gasteiger charge is -2.38. The Morgan fingerprint density at radius 3 is 2.34 bits per heavy atom. The molecule has 0 radical (unpaired) electrons. The van der Waals surface area contributed by atoms with Crippen molar-refractivity contribution in [2.75, 3.05) is 33.4 Å². The fraction of sp³-hybridized carbons (Fsp3) is 0.708. The molecular formula is C24H30F6N2O3. The van der Waals surface area contributed by atoms with Gasteiger partial charge in [0.1, 0.15) is 0 Å². The number of amides is 1. The first-order chi connectivity index (χ1) is 16.4. The van der Waals surface area contributed by atoms with E-state index in [1.165, 1.54) is 0 Å². The molecule has 35 heavy (non-hydrogen) atoms. The summed E-state index contributed by atoms with van der Waals surface area (Å²) in [6, 6.07) is 1.51. The van der Waals surface area contributed by atoms with Crippen LogP contribution in [0.25, 0.3) is 0 Å². The summed E-state index contributed by atoms with van der Waals surface area (Å²) in [4.78, 5) is 15.6. The summed E-state index contributed by atoms with van der Waals surface area (Å²) < 4.78 is 90.2. The van der Waals surface area contributed by atoms with E-state index in [9.17, 15) is 31.1 Å². The van der Waals surface area contributed by atoms with E-state index in [1.54, 1.807) is 7.11 Å². The number of methoxy groups -OCH3 is 1. The highest BCUT2D eigenvalue weighted by atomic mass is 19.4. The van der Waals surface area contributed by atoms with Crippen LogP contribution in [0.4, 0.5) is 26.3 Å². The van der Waals surface area contributed by atoms with Crippen LogP contribution >= 0.6 is 0 Å². The number of likely N-dealkylation sites (tertiary alicyclic amines) is 1. The zero-order valence-corrected chi connectivity index (χ0v) is 19.5. The highest BCUT2D eigenvalue weighted by Gasteiger charge is 2.50. The maximum Gasteiger partial charge on any atom is 0.416 e. The van der Waals surface area contributed by atoms with Crippen molar-refractivity contribution in [3.8, 4) is 0 Å². The Morgan fingerprint density at radius 1 is 1.11 bits per heavy atom. The Hall–Kier alpha value is -1.85. The van der Waals surface area contributed by atoms with Crippen LogP contribution in [0.2, 0.25) is 0 Å². The van der Waals surface area contributed by atoms with Crippen molar-refractivity contribution in [3.05, 3.63) is 34.9 Å². The first-order valence-electron chi connectivity index (χ1n) is 11.8. The number of nitrogens with one attached hydrogen (secondary N) is 1. The molecule has 1 N–H and O–H groups in total. The molecule has 196 valence electrons. The Morgan fingerprint density at radius 2 is 1.77 bits per heavy atom. The molecule has 5 nitrogen and oxygen atoms in total. The molecule has 1 saturated carbocycles. The largest absolute Gasteiger partial charge is 0.416 e. The molecule has 2 aliphatic heterocycles. The lowest BCUT2D eigenvalue weighted by Crippen LogP contribution is -2.51. The maximum atomic E-state index is 13.4. The van der Waals surface area contributed by atoms with Crippen LogP contribution in [0.1, 0.15) is 48.8 Å². The van der Waals surface area contributed by atoms with Crippen LogP contribution in [-0.2, 0) is 33.2 Å². The van der Waals surface area contributed by atoms with Gasteiger partial charge in [0.25, 0.3) is 0 Å². The van der Waals surface area contributed by atoms with E-state index in [0.717, 1.165) is 19.3 Å². The number of ether oxygens (including phenoxy) is 2. The summed E-state index contributed by atoms with van der Waals surface area (Å²) in [5.41, 5.74) is -3.74. The minimum Gasteiger partial charge on any atom is -0.379 e. The van der Waals surface area contributed by atoms with Crippen molar-refractivity contribution in [3.63, 3.8) is 0 Å². The molecule has 1 aliphatic carbocycles. The van der Waals surface area contributed by atoms with Gasteiger partial charge < -0.3 is 14.8 Å². The number of halogens is 6. The van der Waals surface area contributed by atoms with Gasteiger partial charge in [0, 0.05) is 32.8 Å². The molecule has 3 atom stereocenters. The highest BCUT2D eigenvalue weighted by molar-refractivity contribution is 5.83. The summed E-state index contributed by atoms with van der Waals surface area (Å²) in [5, 5.41) is 2.66. The standard InChI is InChI=1S/C24H30F6N2O3/c1-34-20-13-35-7-4-19(20)32-6-5-22(14-32,11-15-2-3-15)21(33)31-12-16-8-17(23(25,26)27)10-18(9-16)24(28,29)30/h8-10,15,19-20H,2-7,11-14H2,1H3,(H,31,33). The molecule has 1 amide bonds. The number of carbonyl (C=O) groups excluding carboxylic acids is 1. The molecule has 0 aromatic heterocycles. The second-order valence-corrected chi connectivity index (χ2v) is 9.95. The number of nitrogens with zero attached hydrogens (tertiary/aromatic N) is 1. The summed E-state index contributed by atoms with van der Waals surface area (Å²) in [6.45, 7) is 1.81. The zero-order chi connectivity index (χ0) is 25.4. The second kappa shape index (κ2) is 9.89. The second-order valence-electron chi connectivity index (χ2n) is 9.95. The van der Waals surface area contributed by atoms with Crippen molar-refractivity contribution >= 4 is 5.91 Å². The molecule has 2 saturated heterocycles. The Balaban J connectivity index is 1.50. The normalized spacial score (nSPS) is 28.3. The number of benzene rings is 1. The van der Waals surface area contributed by atoms with Crippen LogP contribution in [0.3, 0.4) is 0 Å². The maximum absolute atomic E-state index is 13.4. The number of carbonyl (C=O) groups is 1. The summed E-state index contributed by atoms with van der Waals surface area (Å²) in [6.07, 6.45) is -5.92. The van der Waals surface area contributed by atoms with E-state index >= 15 is 0 Å². The van der Waals surface area contributed by atoms with E-state index < -0.39 is 35.4 Å². The van der Waals surface area contributed by atoms with E-state index in [1.807, 2.05) is 0 Å². The van der Waals surface area contributed by atoms with Crippen LogP contribution < -0.4 is 5.32 Å². The van der Waals surface area contributed by atoms with Gasteiger partial charge in [-0.1, -0.05) is 12.8 Å². The highest BCUT2D eigenvalue weighted by Crippen LogP contribution is 2.46. The van der Waals surface area contributed by atoms with Crippen LogP contribution in [0.15, 0.2) is 18.2 Å². The van der Waals surface area contributed by atoms with E-state index in [4.69, 9.17) is 9.47 Å². The molecule has 3 aliphatic rings. The summed E-state index contributed by atoms with van der Waals surface area (Å²) in [7, 11) is 1.62. The quantitative estimate of drug-likeness (QED) is 0.546. The van der Waals surface area contributed by atoms with Crippen molar-refractivity contribution in [2.45, 2.75) is 63.1 Å². The van der Waals surface area contributed by atoms with Crippen molar-refractivity contribution in [2.24, 2.45) is 11.3 Å². The van der Waals surface area contributed by atoms with Crippen molar-refractivity contribution in [1.82, 2.24) is 10.2 Å². The van der Waals surface area contributed by atoms with Gasteiger partial charge in [-0.25, -0.2) is 0 Å². The third-order valence-electron chi connectivity index (χ3n) is 7.38. The molecule has 11 heteroatoms. The molecule has 1 aromatic rings. The lowest BCUT2D eigenvalue weighted by molar-refractivity contribution is -0.143. The van der Waals surface area contributed by atoms with Gasteiger partial charge in [0.05, 0.1) is 29.3 Å². The Kier molecular flexibility index (Phi) is 7.41. The van der Waals surface area contributed by atoms with Crippen LogP contribution in [0, 0.1) is 11.3 Å². The van der Waals surface area contributed by atoms with Gasteiger partial charge in [-0.2, -0.15) is 26.3 Å². The third kappa shape index (κ3) is 6.11. The number of hydrogen-bond donors (Lipinski definition) is 1. The molecule has 3 unspecified atom stereocenters. The third-order valence-corrected chi connectivity index (χ3v) is 7.38. The number of rotatable bonds is 7. The topological polar surface area (TPSA) is 50.8 Å². The molecule has 3 fully saturated rings. The monoisotopic (exact) mass is 508 g/mol. The fourth-order valence-electron chi connectivity index (χ4n) is 5.34. The first-order valence-corrected chi connectivity index (χ1v) is 11.8. The van der Waals surface area contributed by atoms with Crippen molar-refractivity contribution < 1.29 is 40.6 Å². The minimum absolute atomic E-state index is 0.0921. The molecule has 0 spiro atoms. The van der Waals surface area contributed by atoms with Crippen LogP contribution in [-0.4, -0.2) is 56.4 Å². The Bertz CT molecular complexity index is 885. The van der Waals surface area contributed by atoms with Crippen molar-refractivity contribution in [1.29, 1.82) is 0 Å². The van der Waals surface area contributed by atoms with Gasteiger partial charge in [-0.3, -0.25) is 9.69 Å². The summed E-state index contributed by atoms with van der Waals surface area (Å²) >= 11 is 0. The Labute approximate surface area is 200 Å². The SMILES string of the molecule is COC1COCCC1N1CCC(CC2CC2)(C(=O)NCc2cc(C(F)(F)F)cc(C(F)(F)F)c2)C1. The predicted molar refractivity (Wildman–Crippen MR) is 114 cm³/mol. The van der Waals surface area contributed by atoms with E-state index in [2.05, 4.69) is 10.2 Å². The average Bonchev–Trinajstić information content (AvgIpc) is 3.51. The van der Waals surface area contributed by atoms with E-state index in [0.29, 0.717) is 57.2 Å². The van der Waals surface area contributed by atoms with Gasteiger partial charge >= 0.3 is 12.4 Å². The number of hydrogen-bond acceptors (Lipinski definition) is 4. The molecule has 2 heterocycles. The fourth-order valence-corrected chi connectivity index (χ4v) is 5.34. The smallest absolute Gasteiger partial charge is 0.379 e. The van der Waals surface area contributed by atoms with Gasteiger partial charge in [-0.15, -0.1) is 0 Å². The minimum atomic E-state index is -4.93. The zero-order valence-electron chi connectivity index (χ0n) is 19.5. The lowest BCUT2D eigenvalue weighted by atomic mass is 9.80. The molecule has 4 rings (SSSR count). The van der Waals surface area contributed by atoms with Gasteiger partial charge in [-0.05, 0) is 55.5 Å². The molecule has 0 bridgehead atoms.